The normalized spacial score (nSPS) is 16.3. The number of aliphatic hydroxyl groups is 1. The summed E-state index contributed by atoms with van der Waals surface area (Å²) in [5.74, 6) is 0. The van der Waals surface area contributed by atoms with Crippen molar-refractivity contribution in [2.75, 3.05) is 0 Å². The standard InChI is InChI=1S/C4H11NO.H3O4P/c1-3-4(2,5)6;1-5(2,3)4/h6H,3,5H2,1-2H3;(H3,1,2,3,4). The Morgan fingerprint density at radius 3 is 1.55 bits per heavy atom. The lowest BCUT2D eigenvalue weighted by Crippen LogP contribution is -2.34. The number of nitrogens with two attached hydrogens (primary N) is 1. The van der Waals surface area contributed by atoms with Crippen LogP contribution in [0.5, 0.6) is 0 Å². The molecule has 0 aliphatic carbocycles. The Morgan fingerprint density at radius 1 is 1.45 bits per heavy atom. The minimum absolute atomic E-state index is 0.604. The van der Waals surface area contributed by atoms with E-state index in [1.165, 1.54) is 0 Å². The van der Waals surface area contributed by atoms with Crippen LogP contribution < -0.4 is 5.73 Å². The molecule has 0 heterocycles. The zero-order valence-electron chi connectivity index (χ0n) is 6.43. The van der Waals surface area contributed by atoms with Gasteiger partial charge in [-0.1, -0.05) is 6.92 Å². The van der Waals surface area contributed by atoms with E-state index >= 15 is 0 Å². The van der Waals surface area contributed by atoms with Crippen molar-refractivity contribution in [2.24, 2.45) is 5.73 Å². The van der Waals surface area contributed by atoms with Gasteiger partial charge in [0.1, 0.15) is 5.72 Å². The van der Waals surface area contributed by atoms with E-state index in [-0.39, 0.29) is 0 Å². The van der Waals surface area contributed by atoms with Crippen molar-refractivity contribution in [3.63, 3.8) is 0 Å². The fourth-order valence-electron chi connectivity index (χ4n) is 0. The average molecular weight is 187 g/mol. The SMILES string of the molecule is CCC(C)(N)O.O=P(O)(O)O. The van der Waals surface area contributed by atoms with Crippen LogP contribution in [0, 0.1) is 0 Å². The van der Waals surface area contributed by atoms with Gasteiger partial charge in [-0.05, 0) is 13.3 Å². The molecule has 0 amide bonds. The van der Waals surface area contributed by atoms with Crippen molar-refractivity contribution < 1.29 is 24.4 Å². The minimum atomic E-state index is -4.64. The smallest absolute Gasteiger partial charge is 0.376 e. The van der Waals surface area contributed by atoms with Crippen molar-refractivity contribution >= 4 is 7.82 Å². The predicted molar refractivity (Wildman–Crippen MR) is 39.4 cm³/mol. The molecule has 1 unspecified atom stereocenters. The van der Waals surface area contributed by atoms with Gasteiger partial charge in [0, 0.05) is 0 Å². The lowest BCUT2D eigenvalue weighted by molar-refractivity contribution is 0.0632. The summed E-state index contributed by atoms with van der Waals surface area (Å²) in [6.07, 6.45) is 0.604. The second-order valence-electron chi connectivity index (χ2n) is 2.22. The maximum absolute atomic E-state index is 8.88. The molecule has 0 aromatic rings. The van der Waals surface area contributed by atoms with E-state index < -0.39 is 13.5 Å². The molecule has 1 atom stereocenters. The molecule has 0 aliphatic rings. The van der Waals surface area contributed by atoms with Gasteiger partial charge in [-0.25, -0.2) is 4.57 Å². The van der Waals surface area contributed by atoms with Crippen LogP contribution in [0.2, 0.25) is 0 Å². The summed E-state index contributed by atoms with van der Waals surface area (Å²) in [7, 11) is -4.64. The number of hydrogen-bond donors (Lipinski definition) is 5. The van der Waals surface area contributed by atoms with Crippen LogP contribution >= 0.6 is 7.82 Å². The maximum atomic E-state index is 8.88. The highest BCUT2D eigenvalue weighted by molar-refractivity contribution is 7.45. The molecule has 0 aromatic carbocycles. The van der Waals surface area contributed by atoms with Crippen molar-refractivity contribution in [1.82, 2.24) is 0 Å². The summed E-state index contributed by atoms with van der Waals surface area (Å²) in [6, 6.07) is 0. The Morgan fingerprint density at radius 2 is 1.55 bits per heavy atom. The fourth-order valence-corrected chi connectivity index (χ4v) is 0. The number of hydrogen-bond acceptors (Lipinski definition) is 3. The molecule has 0 aromatic heterocycles. The molecule has 0 fully saturated rings. The molecule has 70 valence electrons. The monoisotopic (exact) mass is 187 g/mol. The number of phosphoric acid groups is 1. The van der Waals surface area contributed by atoms with E-state index in [1.54, 1.807) is 6.92 Å². The van der Waals surface area contributed by atoms with Gasteiger partial charge in [-0.2, -0.15) is 0 Å². The van der Waals surface area contributed by atoms with Gasteiger partial charge < -0.3 is 25.5 Å². The first-order valence-electron chi connectivity index (χ1n) is 2.86. The zero-order chi connectivity index (χ0) is 9.71. The quantitative estimate of drug-likeness (QED) is 0.268. The molecule has 6 N–H and O–H groups in total. The van der Waals surface area contributed by atoms with Crippen LogP contribution in [0.25, 0.3) is 0 Å². The number of rotatable bonds is 1. The average Bonchev–Trinajstić information content (AvgIpc) is 1.59. The summed E-state index contributed by atoms with van der Waals surface area (Å²) in [5.41, 5.74) is 4.13. The van der Waals surface area contributed by atoms with E-state index in [2.05, 4.69) is 0 Å². The zero-order valence-corrected chi connectivity index (χ0v) is 7.32. The third-order valence-corrected chi connectivity index (χ3v) is 0.716. The molecule has 0 bridgehead atoms. The van der Waals surface area contributed by atoms with E-state index in [4.69, 9.17) is 30.1 Å². The highest BCUT2D eigenvalue weighted by atomic mass is 31.2. The lowest BCUT2D eigenvalue weighted by Gasteiger charge is -2.11. The molecule has 0 saturated heterocycles. The molecule has 6 nitrogen and oxygen atoms in total. The summed E-state index contributed by atoms with van der Waals surface area (Å²) >= 11 is 0. The van der Waals surface area contributed by atoms with Crippen LogP contribution in [-0.2, 0) is 4.57 Å². The van der Waals surface area contributed by atoms with Gasteiger partial charge in [0.25, 0.3) is 0 Å². The van der Waals surface area contributed by atoms with E-state index in [1.807, 2.05) is 6.92 Å². The third kappa shape index (κ3) is 70.4. The van der Waals surface area contributed by atoms with Gasteiger partial charge in [-0.15, -0.1) is 0 Å². The second kappa shape index (κ2) is 4.82. The molecule has 11 heavy (non-hydrogen) atoms. The van der Waals surface area contributed by atoms with Crippen LogP contribution in [0.1, 0.15) is 20.3 Å². The summed E-state index contributed by atoms with van der Waals surface area (Å²) in [4.78, 5) is 21.6. The van der Waals surface area contributed by atoms with Gasteiger partial charge in [0.2, 0.25) is 0 Å². The first kappa shape index (κ1) is 13.6. The summed E-state index contributed by atoms with van der Waals surface area (Å²) in [6.45, 7) is 3.41. The first-order valence-corrected chi connectivity index (χ1v) is 4.42. The topological polar surface area (TPSA) is 124 Å². The van der Waals surface area contributed by atoms with Crippen molar-refractivity contribution in [1.29, 1.82) is 0 Å². The van der Waals surface area contributed by atoms with Crippen LogP contribution in [0.15, 0.2) is 0 Å². The Kier molecular flexibility index (Phi) is 5.96. The Labute approximate surface area is 64.9 Å². The maximum Gasteiger partial charge on any atom is 0.466 e. The van der Waals surface area contributed by atoms with Crippen molar-refractivity contribution in [3.8, 4) is 0 Å². The lowest BCUT2D eigenvalue weighted by atomic mass is 10.2. The third-order valence-electron chi connectivity index (χ3n) is 0.716. The largest absolute Gasteiger partial charge is 0.466 e. The molecular formula is C4H14NO5P. The fraction of sp³-hybridized carbons (Fsp3) is 1.00. The predicted octanol–water partition coefficient (Wildman–Crippen LogP) is -0.865. The Bertz CT molecular complexity index is 128. The van der Waals surface area contributed by atoms with Crippen LogP contribution in [0.4, 0.5) is 0 Å². The molecule has 0 rings (SSSR count). The molecule has 0 spiro atoms. The van der Waals surface area contributed by atoms with Gasteiger partial charge >= 0.3 is 7.82 Å². The van der Waals surface area contributed by atoms with Crippen molar-refractivity contribution in [2.45, 2.75) is 26.0 Å². The molecule has 0 saturated carbocycles. The van der Waals surface area contributed by atoms with Gasteiger partial charge in [-0.3, -0.25) is 0 Å². The second-order valence-corrected chi connectivity index (χ2v) is 3.25. The first-order chi connectivity index (χ1) is 4.56. The van der Waals surface area contributed by atoms with Gasteiger partial charge in [0.05, 0.1) is 0 Å². The van der Waals surface area contributed by atoms with E-state index in [0.29, 0.717) is 6.42 Å². The highest BCUT2D eigenvalue weighted by Crippen LogP contribution is 2.25. The van der Waals surface area contributed by atoms with Gasteiger partial charge in [0.15, 0.2) is 0 Å². The highest BCUT2D eigenvalue weighted by Gasteiger charge is 2.06. The Hall–Kier alpha value is 0.0300. The molecule has 0 aliphatic heterocycles. The van der Waals surface area contributed by atoms with Crippen LogP contribution in [-0.4, -0.2) is 25.5 Å². The summed E-state index contributed by atoms with van der Waals surface area (Å²) < 4.78 is 8.88. The van der Waals surface area contributed by atoms with E-state index in [0.717, 1.165) is 0 Å². The molecular weight excluding hydrogens is 173 g/mol. The Balaban J connectivity index is 0. The van der Waals surface area contributed by atoms with Crippen molar-refractivity contribution in [3.05, 3.63) is 0 Å². The summed E-state index contributed by atoms with van der Waals surface area (Å²) in [5, 5.41) is 8.60. The molecule has 0 radical (unpaired) electrons. The molecule has 7 heteroatoms. The van der Waals surface area contributed by atoms with E-state index in [9.17, 15) is 0 Å². The minimum Gasteiger partial charge on any atom is -0.376 e. The van der Waals surface area contributed by atoms with Crippen LogP contribution in [0.3, 0.4) is 0 Å².